The van der Waals surface area contributed by atoms with Gasteiger partial charge in [-0.25, -0.2) is 0 Å². The summed E-state index contributed by atoms with van der Waals surface area (Å²) in [4.78, 5) is 13.1. The van der Waals surface area contributed by atoms with Gasteiger partial charge in [-0.15, -0.1) is 0 Å². The van der Waals surface area contributed by atoms with Crippen LogP contribution in [0, 0.1) is 0 Å². The van der Waals surface area contributed by atoms with Gasteiger partial charge in [0.2, 0.25) is 5.91 Å². The van der Waals surface area contributed by atoms with Crippen molar-refractivity contribution in [1.82, 2.24) is 0 Å². The summed E-state index contributed by atoms with van der Waals surface area (Å²) < 4.78 is 0.955. The van der Waals surface area contributed by atoms with Gasteiger partial charge in [-0.3, -0.25) is 4.79 Å². The van der Waals surface area contributed by atoms with Crippen LogP contribution in [0.25, 0.3) is 0 Å². The van der Waals surface area contributed by atoms with Gasteiger partial charge >= 0.3 is 0 Å². The van der Waals surface area contributed by atoms with Crippen LogP contribution in [0.15, 0.2) is 56.7 Å². The lowest BCUT2D eigenvalue weighted by atomic mass is 10.1. The second-order valence-corrected chi connectivity index (χ2v) is 6.64. The Bertz CT molecular complexity index is 641. The number of hydrogen-bond acceptors (Lipinski definition) is 3. The summed E-state index contributed by atoms with van der Waals surface area (Å²) in [7, 11) is 0. The Morgan fingerprint density at radius 2 is 1.90 bits per heavy atom. The molecule has 0 bridgehead atoms. The largest absolute Gasteiger partial charge is 0.389 e. The van der Waals surface area contributed by atoms with Crippen LogP contribution < -0.4 is 5.32 Å². The normalized spacial score (nSPS) is 12.0. The zero-order valence-electron chi connectivity index (χ0n) is 11.8. The minimum atomic E-state index is -0.475. The molecule has 21 heavy (non-hydrogen) atoms. The van der Waals surface area contributed by atoms with Gasteiger partial charge in [0, 0.05) is 26.9 Å². The van der Waals surface area contributed by atoms with Gasteiger partial charge < -0.3 is 10.4 Å². The minimum Gasteiger partial charge on any atom is -0.389 e. The molecular weight excluding hydrogens is 350 g/mol. The molecular formula is C16H16BrNO2S. The van der Waals surface area contributed by atoms with E-state index in [0.29, 0.717) is 0 Å². The summed E-state index contributed by atoms with van der Waals surface area (Å²) in [6.07, 6.45) is -0.475. The Kier molecular flexibility index (Phi) is 5.45. The first-order valence-corrected chi connectivity index (χ1v) is 8.09. The molecule has 0 fully saturated rings. The van der Waals surface area contributed by atoms with E-state index in [0.717, 1.165) is 25.5 Å². The van der Waals surface area contributed by atoms with Crippen molar-refractivity contribution in [3.05, 3.63) is 52.5 Å². The van der Waals surface area contributed by atoms with E-state index < -0.39 is 6.10 Å². The third kappa shape index (κ3) is 4.59. The third-order valence-electron chi connectivity index (χ3n) is 2.84. The molecule has 0 unspecified atom stereocenters. The van der Waals surface area contributed by atoms with E-state index in [1.807, 2.05) is 42.5 Å². The molecule has 5 heteroatoms. The van der Waals surface area contributed by atoms with E-state index >= 15 is 0 Å². The van der Waals surface area contributed by atoms with Crippen LogP contribution in [0.2, 0.25) is 0 Å². The molecule has 0 radical (unpaired) electrons. The van der Waals surface area contributed by atoms with Crippen molar-refractivity contribution in [1.29, 1.82) is 0 Å². The Balaban J connectivity index is 2.13. The lowest BCUT2D eigenvalue weighted by molar-refractivity contribution is -0.114. The maximum absolute atomic E-state index is 11.0. The second kappa shape index (κ2) is 7.11. The molecule has 1 atom stereocenters. The minimum absolute atomic E-state index is 0.0770. The number of carbonyl (C=O) groups excluding carboxylic acids is 1. The second-order valence-electron chi connectivity index (χ2n) is 4.67. The Morgan fingerprint density at radius 1 is 1.24 bits per heavy atom. The maximum Gasteiger partial charge on any atom is 0.221 e. The standard InChI is InChI=1S/C16H16BrNO2S/c1-10(19)12-3-8-16(15(17)9-12)21-14-6-4-13(5-7-14)18-11(2)20/h3-10,19H,1-2H3,(H,18,20)/t10-/m1/s1. The number of amides is 1. The number of hydrogen-bond donors (Lipinski definition) is 2. The highest BCUT2D eigenvalue weighted by Gasteiger charge is 2.07. The molecule has 1 amide bonds. The first-order chi connectivity index (χ1) is 9.95. The Hall–Kier alpha value is -1.30. The van der Waals surface area contributed by atoms with E-state index in [9.17, 15) is 9.90 Å². The summed E-state index contributed by atoms with van der Waals surface area (Å²) in [6.45, 7) is 3.23. The summed E-state index contributed by atoms with van der Waals surface area (Å²) in [5.74, 6) is -0.0770. The van der Waals surface area contributed by atoms with Crippen LogP contribution in [-0.2, 0) is 4.79 Å². The highest BCUT2D eigenvalue weighted by atomic mass is 79.9. The Morgan fingerprint density at radius 3 is 2.43 bits per heavy atom. The van der Waals surface area contributed by atoms with Crippen molar-refractivity contribution >= 4 is 39.3 Å². The molecule has 0 aliphatic heterocycles. The number of halogens is 1. The van der Waals surface area contributed by atoms with Crippen molar-refractivity contribution in [3.63, 3.8) is 0 Å². The molecule has 3 nitrogen and oxygen atoms in total. The van der Waals surface area contributed by atoms with Crippen LogP contribution in [-0.4, -0.2) is 11.0 Å². The van der Waals surface area contributed by atoms with Crippen molar-refractivity contribution in [2.45, 2.75) is 29.7 Å². The molecule has 2 aromatic rings. The molecule has 0 saturated carbocycles. The lowest BCUT2D eigenvalue weighted by Crippen LogP contribution is -2.05. The summed E-state index contributed by atoms with van der Waals surface area (Å²) >= 11 is 5.15. The molecule has 2 aromatic carbocycles. The van der Waals surface area contributed by atoms with Gasteiger partial charge in [0.1, 0.15) is 0 Å². The zero-order valence-corrected chi connectivity index (χ0v) is 14.2. The average Bonchev–Trinajstić information content (AvgIpc) is 2.42. The molecule has 0 spiro atoms. The van der Waals surface area contributed by atoms with Crippen molar-refractivity contribution in [2.24, 2.45) is 0 Å². The molecule has 110 valence electrons. The van der Waals surface area contributed by atoms with Crippen LogP contribution in [0.5, 0.6) is 0 Å². The fourth-order valence-corrected chi connectivity index (χ4v) is 3.25. The number of aliphatic hydroxyl groups excluding tert-OH is 1. The smallest absolute Gasteiger partial charge is 0.221 e. The number of benzene rings is 2. The van der Waals surface area contributed by atoms with Gasteiger partial charge in [0.05, 0.1) is 6.10 Å². The van der Waals surface area contributed by atoms with Crippen LogP contribution >= 0.6 is 27.7 Å². The molecule has 0 aromatic heterocycles. The number of nitrogens with one attached hydrogen (secondary N) is 1. The van der Waals surface area contributed by atoms with E-state index in [2.05, 4.69) is 21.2 Å². The average molecular weight is 366 g/mol. The van der Waals surface area contributed by atoms with Gasteiger partial charge in [0.15, 0.2) is 0 Å². The third-order valence-corrected chi connectivity index (χ3v) is 4.84. The van der Waals surface area contributed by atoms with Crippen molar-refractivity contribution in [3.8, 4) is 0 Å². The van der Waals surface area contributed by atoms with Crippen LogP contribution in [0.1, 0.15) is 25.5 Å². The molecule has 0 saturated heterocycles. The van der Waals surface area contributed by atoms with Crippen LogP contribution in [0.4, 0.5) is 5.69 Å². The molecule has 2 rings (SSSR count). The quantitative estimate of drug-likeness (QED) is 0.831. The lowest BCUT2D eigenvalue weighted by Gasteiger charge is -2.09. The van der Waals surface area contributed by atoms with Crippen LogP contribution in [0.3, 0.4) is 0 Å². The number of anilines is 1. The monoisotopic (exact) mass is 365 g/mol. The highest BCUT2D eigenvalue weighted by Crippen LogP contribution is 2.35. The number of carbonyl (C=O) groups is 1. The van der Waals surface area contributed by atoms with Crippen molar-refractivity contribution < 1.29 is 9.90 Å². The predicted molar refractivity (Wildman–Crippen MR) is 89.6 cm³/mol. The van der Waals surface area contributed by atoms with Gasteiger partial charge in [0.25, 0.3) is 0 Å². The summed E-state index contributed by atoms with van der Waals surface area (Å²) in [5, 5.41) is 12.3. The van der Waals surface area contributed by atoms with Gasteiger partial charge in [-0.1, -0.05) is 17.8 Å². The first-order valence-electron chi connectivity index (χ1n) is 6.48. The van der Waals surface area contributed by atoms with Gasteiger partial charge in [-0.05, 0) is 64.8 Å². The molecule has 0 aliphatic carbocycles. The topological polar surface area (TPSA) is 49.3 Å². The molecule has 0 heterocycles. The first kappa shape index (κ1) is 16.1. The van der Waals surface area contributed by atoms with E-state index in [1.54, 1.807) is 18.7 Å². The summed E-state index contributed by atoms with van der Waals surface area (Å²) in [6, 6.07) is 13.5. The maximum atomic E-state index is 11.0. The van der Waals surface area contributed by atoms with Crippen molar-refractivity contribution in [2.75, 3.05) is 5.32 Å². The number of rotatable bonds is 4. The number of aliphatic hydroxyl groups is 1. The molecule has 2 N–H and O–H groups in total. The highest BCUT2D eigenvalue weighted by molar-refractivity contribution is 9.10. The Labute approximate surface area is 136 Å². The fraction of sp³-hybridized carbons (Fsp3) is 0.188. The summed E-state index contributed by atoms with van der Waals surface area (Å²) in [5.41, 5.74) is 1.67. The fourth-order valence-electron chi connectivity index (χ4n) is 1.80. The van der Waals surface area contributed by atoms with E-state index in [-0.39, 0.29) is 5.91 Å². The van der Waals surface area contributed by atoms with E-state index in [4.69, 9.17) is 0 Å². The molecule has 0 aliphatic rings. The SMILES string of the molecule is CC(=O)Nc1ccc(Sc2ccc([C@@H](C)O)cc2Br)cc1. The van der Waals surface area contributed by atoms with Gasteiger partial charge in [-0.2, -0.15) is 0 Å². The predicted octanol–water partition coefficient (Wildman–Crippen LogP) is 4.61. The van der Waals surface area contributed by atoms with E-state index in [1.165, 1.54) is 6.92 Å². The zero-order chi connectivity index (χ0) is 15.4.